The number of hydrogen-bond acceptors (Lipinski definition) is 2. The molecule has 1 aromatic rings. The Hall–Kier alpha value is -0.830. The zero-order valence-electron chi connectivity index (χ0n) is 8.87. The Morgan fingerprint density at radius 2 is 2.29 bits per heavy atom. The van der Waals surface area contributed by atoms with Crippen LogP contribution in [0.4, 0.5) is 0 Å². The molecule has 1 aliphatic carbocycles. The van der Waals surface area contributed by atoms with Gasteiger partial charge in [0.05, 0.1) is 11.7 Å². The molecule has 1 aliphatic rings. The first-order chi connectivity index (χ1) is 6.90. The van der Waals surface area contributed by atoms with Crippen LogP contribution in [0, 0.1) is 0 Å². The second kappa shape index (κ2) is 4.60. The third-order valence-corrected chi connectivity index (χ3v) is 2.92. The van der Waals surface area contributed by atoms with Gasteiger partial charge in [-0.2, -0.15) is 5.10 Å². The number of rotatable bonds is 4. The highest BCUT2D eigenvalue weighted by molar-refractivity contribution is 4.99. The second-order valence-corrected chi connectivity index (χ2v) is 4.01. The number of nitrogens with one attached hydrogen (secondary N) is 1. The van der Waals surface area contributed by atoms with Gasteiger partial charge in [-0.15, -0.1) is 0 Å². The fourth-order valence-electron chi connectivity index (χ4n) is 2.10. The van der Waals surface area contributed by atoms with Gasteiger partial charge in [0.2, 0.25) is 0 Å². The quantitative estimate of drug-likeness (QED) is 0.793. The molecular formula is C11H19N3. The third kappa shape index (κ3) is 2.15. The topological polar surface area (TPSA) is 29.9 Å². The number of aromatic nitrogens is 2. The summed E-state index contributed by atoms with van der Waals surface area (Å²) in [5.74, 6) is 0. The Bertz CT molecular complexity index is 274. The highest BCUT2D eigenvalue weighted by Crippen LogP contribution is 2.28. The maximum absolute atomic E-state index is 4.58. The van der Waals surface area contributed by atoms with E-state index in [9.17, 15) is 0 Å². The van der Waals surface area contributed by atoms with Gasteiger partial charge >= 0.3 is 0 Å². The summed E-state index contributed by atoms with van der Waals surface area (Å²) < 4.78 is 2.15. The highest BCUT2D eigenvalue weighted by atomic mass is 15.3. The smallest absolute Gasteiger partial charge is 0.0762 e. The van der Waals surface area contributed by atoms with Crippen molar-refractivity contribution in [3.05, 3.63) is 18.0 Å². The van der Waals surface area contributed by atoms with Crippen LogP contribution in [0.5, 0.6) is 0 Å². The molecule has 0 aromatic carbocycles. The molecule has 0 saturated heterocycles. The maximum Gasteiger partial charge on any atom is 0.0762 e. The first-order valence-electron chi connectivity index (χ1n) is 5.65. The summed E-state index contributed by atoms with van der Waals surface area (Å²) in [5.41, 5.74) is 1.17. The van der Waals surface area contributed by atoms with Crippen molar-refractivity contribution in [2.75, 3.05) is 6.54 Å². The largest absolute Gasteiger partial charge is 0.311 e. The van der Waals surface area contributed by atoms with Crippen LogP contribution < -0.4 is 5.32 Å². The number of nitrogens with zero attached hydrogens (tertiary/aromatic N) is 2. The predicted octanol–water partition coefficient (Wildman–Crippen LogP) is 2.11. The van der Waals surface area contributed by atoms with Crippen molar-refractivity contribution in [2.24, 2.45) is 0 Å². The Kier molecular flexibility index (Phi) is 3.19. The molecule has 0 unspecified atom stereocenters. The van der Waals surface area contributed by atoms with Crippen LogP contribution in [0.15, 0.2) is 12.3 Å². The summed E-state index contributed by atoms with van der Waals surface area (Å²) in [6.07, 6.45) is 7.48. The van der Waals surface area contributed by atoms with Crippen molar-refractivity contribution in [1.82, 2.24) is 15.1 Å². The molecule has 1 N–H and O–H groups in total. The van der Waals surface area contributed by atoms with E-state index >= 15 is 0 Å². The van der Waals surface area contributed by atoms with Crippen LogP contribution in [0.2, 0.25) is 0 Å². The lowest BCUT2D eigenvalue weighted by atomic mass is 10.3. The van der Waals surface area contributed by atoms with E-state index in [0.717, 1.165) is 13.1 Å². The molecule has 0 spiro atoms. The van der Waals surface area contributed by atoms with Gasteiger partial charge < -0.3 is 5.32 Å². The van der Waals surface area contributed by atoms with Gasteiger partial charge in [0, 0.05) is 12.7 Å². The summed E-state index contributed by atoms with van der Waals surface area (Å²) >= 11 is 0. The Labute approximate surface area is 85.5 Å². The summed E-state index contributed by atoms with van der Waals surface area (Å²) in [4.78, 5) is 0. The van der Waals surface area contributed by atoms with Gasteiger partial charge in [0.15, 0.2) is 0 Å². The summed E-state index contributed by atoms with van der Waals surface area (Å²) in [6.45, 7) is 4.03. The van der Waals surface area contributed by atoms with Gasteiger partial charge in [0.1, 0.15) is 0 Å². The molecule has 2 rings (SSSR count). The minimum atomic E-state index is 0.672. The molecule has 3 nitrogen and oxygen atoms in total. The molecule has 0 bridgehead atoms. The van der Waals surface area contributed by atoms with Crippen LogP contribution in [0.25, 0.3) is 0 Å². The molecule has 3 heteroatoms. The fraction of sp³-hybridized carbons (Fsp3) is 0.727. The van der Waals surface area contributed by atoms with E-state index in [2.05, 4.69) is 34.3 Å². The van der Waals surface area contributed by atoms with Crippen LogP contribution in [-0.4, -0.2) is 16.3 Å². The average Bonchev–Trinajstić information content (AvgIpc) is 2.85. The van der Waals surface area contributed by atoms with Crippen LogP contribution in [0.1, 0.15) is 44.3 Å². The molecule has 0 amide bonds. The molecule has 1 aromatic heterocycles. The minimum Gasteiger partial charge on any atom is -0.311 e. The first kappa shape index (κ1) is 9.71. The second-order valence-electron chi connectivity index (χ2n) is 4.01. The van der Waals surface area contributed by atoms with Crippen molar-refractivity contribution in [1.29, 1.82) is 0 Å². The fourth-order valence-corrected chi connectivity index (χ4v) is 2.10. The van der Waals surface area contributed by atoms with E-state index in [1.165, 1.54) is 31.4 Å². The van der Waals surface area contributed by atoms with Gasteiger partial charge in [-0.1, -0.05) is 19.8 Å². The molecule has 0 atom stereocenters. The Morgan fingerprint density at radius 3 is 3.00 bits per heavy atom. The van der Waals surface area contributed by atoms with Crippen LogP contribution in [-0.2, 0) is 6.54 Å². The van der Waals surface area contributed by atoms with Crippen molar-refractivity contribution >= 4 is 0 Å². The van der Waals surface area contributed by atoms with Crippen molar-refractivity contribution in [2.45, 2.75) is 45.2 Å². The lowest BCUT2D eigenvalue weighted by Crippen LogP contribution is -2.13. The van der Waals surface area contributed by atoms with Crippen LogP contribution >= 0.6 is 0 Å². The Balaban J connectivity index is 1.94. The van der Waals surface area contributed by atoms with E-state index < -0.39 is 0 Å². The molecular weight excluding hydrogens is 174 g/mol. The molecule has 1 fully saturated rings. The molecule has 1 heterocycles. The zero-order chi connectivity index (χ0) is 9.80. The SMILES string of the molecule is CCNCc1ccn(C2CCCC2)n1. The maximum atomic E-state index is 4.58. The van der Waals surface area contributed by atoms with E-state index in [-0.39, 0.29) is 0 Å². The average molecular weight is 193 g/mol. The molecule has 78 valence electrons. The molecule has 0 aliphatic heterocycles. The standard InChI is InChI=1S/C11H19N3/c1-2-12-9-10-7-8-14(13-10)11-5-3-4-6-11/h7-8,11-12H,2-6,9H2,1H3. The van der Waals surface area contributed by atoms with Gasteiger partial charge in [-0.05, 0) is 25.5 Å². The van der Waals surface area contributed by atoms with Gasteiger partial charge in [0.25, 0.3) is 0 Å². The highest BCUT2D eigenvalue weighted by Gasteiger charge is 2.17. The molecule has 0 radical (unpaired) electrons. The predicted molar refractivity (Wildman–Crippen MR) is 57.1 cm³/mol. The van der Waals surface area contributed by atoms with Gasteiger partial charge in [-0.25, -0.2) is 0 Å². The Morgan fingerprint density at radius 1 is 1.50 bits per heavy atom. The molecule has 1 saturated carbocycles. The minimum absolute atomic E-state index is 0.672. The third-order valence-electron chi connectivity index (χ3n) is 2.92. The van der Waals surface area contributed by atoms with E-state index in [1.54, 1.807) is 0 Å². The summed E-state index contributed by atoms with van der Waals surface area (Å²) in [6, 6.07) is 2.80. The van der Waals surface area contributed by atoms with Gasteiger partial charge in [-0.3, -0.25) is 4.68 Å². The summed E-state index contributed by atoms with van der Waals surface area (Å²) in [5, 5.41) is 7.88. The number of hydrogen-bond donors (Lipinski definition) is 1. The summed E-state index contributed by atoms with van der Waals surface area (Å²) in [7, 11) is 0. The first-order valence-corrected chi connectivity index (χ1v) is 5.65. The monoisotopic (exact) mass is 193 g/mol. The normalized spacial score (nSPS) is 17.8. The van der Waals surface area contributed by atoms with Crippen molar-refractivity contribution in [3.8, 4) is 0 Å². The molecule has 14 heavy (non-hydrogen) atoms. The lowest BCUT2D eigenvalue weighted by molar-refractivity contribution is 0.461. The zero-order valence-corrected chi connectivity index (χ0v) is 8.87. The van der Waals surface area contributed by atoms with Crippen molar-refractivity contribution in [3.63, 3.8) is 0 Å². The lowest BCUT2D eigenvalue weighted by Gasteiger charge is -2.08. The van der Waals surface area contributed by atoms with E-state index in [0.29, 0.717) is 6.04 Å². The van der Waals surface area contributed by atoms with E-state index in [1.807, 2.05) is 0 Å². The van der Waals surface area contributed by atoms with Crippen LogP contribution in [0.3, 0.4) is 0 Å². The van der Waals surface area contributed by atoms with E-state index in [4.69, 9.17) is 0 Å². The van der Waals surface area contributed by atoms with Crippen molar-refractivity contribution < 1.29 is 0 Å².